The van der Waals surface area contributed by atoms with Crippen molar-refractivity contribution in [2.45, 2.75) is 23.4 Å². The molecule has 3 aromatic rings. The third kappa shape index (κ3) is 5.10. The smallest absolute Gasteiger partial charge is 0.434 e. The number of ether oxygens (including phenoxy) is 1. The average Bonchev–Trinajstić information content (AvgIpc) is 2.64. The maximum Gasteiger partial charge on any atom is 0.434 e. The molecule has 0 bridgehead atoms. The first kappa shape index (κ1) is 22.9. The number of rotatable bonds is 5. The normalized spacial score (nSPS) is 12.9. The molecule has 0 radical (unpaired) electrons. The number of alkyl halides is 6. The lowest BCUT2D eigenvalue weighted by atomic mass is 10.3. The van der Waals surface area contributed by atoms with Crippen molar-refractivity contribution >= 4 is 38.5 Å². The molecule has 1 aromatic heterocycles. The number of sulfonamides is 1. The van der Waals surface area contributed by atoms with Crippen LogP contribution in [0.5, 0.6) is 5.88 Å². The van der Waals surface area contributed by atoms with Crippen molar-refractivity contribution < 1.29 is 39.5 Å². The Morgan fingerprint density at radius 3 is 1.94 bits per heavy atom. The highest BCUT2D eigenvalue weighted by atomic mass is 35.5. The largest absolute Gasteiger partial charge is 0.452 e. The van der Waals surface area contributed by atoms with Crippen LogP contribution in [0.15, 0.2) is 53.4 Å². The molecule has 0 amide bonds. The number of para-hydroxylation sites is 2. The van der Waals surface area contributed by atoms with Gasteiger partial charge in [0.15, 0.2) is 0 Å². The first-order valence-electron chi connectivity index (χ1n) is 8.13. The van der Waals surface area contributed by atoms with Crippen LogP contribution in [0, 0.1) is 0 Å². The maximum absolute atomic E-state index is 13.0. The van der Waals surface area contributed by atoms with E-state index in [0.717, 1.165) is 6.07 Å². The molecule has 0 saturated heterocycles. The topological polar surface area (TPSA) is 81.2 Å². The summed E-state index contributed by atoms with van der Waals surface area (Å²) in [6.45, 7) is 0. The molecule has 0 aliphatic heterocycles. The molecule has 0 saturated carbocycles. The number of hydrogen-bond acceptors (Lipinski definition) is 5. The van der Waals surface area contributed by atoms with Gasteiger partial charge in [-0.15, -0.1) is 0 Å². The zero-order valence-electron chi connectivity index (χ0n) is 14.9. The predicted octanol–water partition coefficient (Wildman–Crippen LogP) is 4.96. The third-order valence-corrected chi connectivity index (χ3v) is 5.56. The standard InChI is InChI=1S/C17H10ClF6N3O3S/c18-9-5-1-4-8-12(9)31(28,29)27-13-14(26-11-7-3-2-6-10(11)25-13)30-15(16(19,20)21)17(22,23)24/h1-8,15H,(H,25,27). The van der Waals surface area contributed by atoms with Crippen LogP contribution in [0.4, 0.5) is 32.2 Å². The Bertz CT molecular complexity index is 1200. The molecule has 14 heteroatoms. The van der Waals surface area contributed by atoms with E-state index in [9.17, 15) is 34.8 Å². The van der Waals surface area contributed by atoms with Gasteiger partial charge in [-0.3, -0.25) is 4.72 Å². The lowest BCUT2D eigenvalue weighted by Crippen LogP contribution is -2.46. The van der Waals surface area contributed by atoms with E-state index in [2.05, 4.69) is 14.7 Å². The van der Waals surface area contributed by atoms with Crippen LogP contribution < -0.4 is 9.46 Å². The number of hydrogen-bond donors (Lipinski definition) is 1. The molecule has 0 fully saturated rings. The van der Waals surface area contributed by atoms with E-state index in [1.54, 1.807) is 4.72 Å². The van der Waals surface area contributed by atoms with Gasteiger partial charge in [-0.2, -0.15) is 26.3 Å². The number of halogens is 7. The molecule has 31 heavy (non-hydrogen) atoms. The second-order valence-corrected chi connectivity index (χ2v) is 8.04. The molecule has 0 atom stereocenters. The van der Waals surface area contributed by atoms with Crippen LogP contribution in [0.2, 0.25) is 5.02 Å². The van der Waals surface area contributed by atoms with Crippen molar-refractivity contribution in [2.24, 2.45) is 0 Å². The number of nitrogens with zero attached hydrogens (tertiary/aromatic N) is 2. The van der Waals surface area contributed by atoms with Gasteiger partial charge in [0.05, 0.1) is 16.1 Å². The molecule has 0 aliphatic rings. The molecule has 166 valence electrons. The third-order valence-electron chi connectivity index (χ3n) is 3.72. The number of fused-ring (bicyclic) bond motifs is 1. The first-order valence-corrected chi connectivity index (χ1v) is 9.99. The molecule has 1 heterocycles. The van der Waals surface area contributed by atoms with Gasteiger partial charge >= 0.3 is 12.4 Å². The Morgan fingerprint density at radius 1 is 0.871 bits per heavy atom. The van der Waals surface area contributed by atoms with E-state index in [0.29, 0.717) is 0 Å². The predicted molar refractivity (Wildman–Crippen MR) is 98.3 cm³/mol. The summed E-state index contributed by atoms with van der Waals surface area (Å²) >= 11 is 5.83. The van der Waals surface area contributed by atoms with Gasteiger partial charge in [0.25, 0.3) is 22.0 Å². The number of nitrogens with one attached hydrogen (secondary N) is 1. The fourth-order valence-corrected chi connectivity index (χ4v) is 3.93. The lowest BCUT2D eigenvalue weighted by Gasteiger charge is -2.24. The number of benzene rings is 2. The van der Waals surface area contributed by atoms with Crippen molar-refractivity contribution in [3.05, 3.63) is 53.6 Å². The van der Waals surface area contributed by atoms with Gasteiger partial charge in [0.1, 0.15) is 4.90 Å². The van der Waals surface area contributed by atoms with Gasteiger partial charge in [-0.1, -0.05) is 35.9 Å². The SMILES string of the molecule is O=S(=O)(Nc1nc2ccccc2nc1OC(C(F)(F)F)C(F)(F)F)c1ccccc1Cl. The summed E-state index contributed by atoms with van der Waals surface area (Å²) in [6.07, 6.45) is -16.0. The monoisotopic (exact) mass is 485 g/mol. The van der Waals surface area contributed by atoms with Gasteiger partial charge in [-0.25, -0.2) is 18.4 Å². The van der Waals surface area contributed by atoms with Crippen LogP contribution >= 0.6 is 11.6 Å². The molecule has 1 N–H and O–H groups in total. The summed E-state index contributed by atoms with van der Waals surface area (Å²) < 4.78 is 109. The van der Waals surface area contributed by atoms with Crippen LogP contribution in [0.25, 0.3) is 11.0 Å². The van der Waals surface area contributed by atoms with Crippen LogP contribution in [0.3, 0.4) is 0 Å². The molecule has 6 nitrogen and oxygen atoms in total. The quantitative estimate of drug-likeness (QED) is 0.517. The Balaban J connectivity index is 2.13. The second kappa shape index (κ2) is 8.04. The van der Waals surface area contributed by atoms with E-state index < -0.39 is 45.1 Å². The number of anilines is 1. The zero-order chi connectivity index (χ0) is 23.0. The van der Waals surface area contributed by atoms with Crippen molar-refractivity contribution in [3.8, 4) is 5.88 Å². The molecule has 2 aromatic carbocycles. The van der Waals surface area contributed by atoms with E-state index in [1.807, 2.05) is 0 Å². The van der Waals surface area contributed by atoms with Crippen LogP contribution in [0.1, 0.15) is 0 Å². The van der Waals surface area contributed by atoms with Crippen LogP contribution in [-0.4, -0.2) is 36.8 Å². The highest BCUT2D eigenvalue weighted by Gasteiger charge is 2.59. The van der Waals surface area contributed by atoms with E-state index >= 15 is 0 Å². The number of aromatic nitrogens is 2. The summed E-state index contributed by atoms with van der Waals surface area (Å²) in [7, 11) is -4.57. The molecule has 3 rings (SSSR count). The summed E-state index contributed by atoms with van der Waals surface area (Å²) in [5, 5.41) is -0.241. The van der Waals surface area contributed by atoms with Crippen molar-refractivity contribution in [3.63, 3.8) is 0 Å². The summed E-state index contributed by atoms with van der Waals surface area (Å²) in [4.78, 5) is 6.89. The van der Waals surface area contributed by atoms with E-state index in [-0.39, 0.29) is 16.1 Å². The molecule has 0 aliphatic carbocycles. The van der Waals surface area contributed by atoms with Gasteiger partial charge in [0.2, 0.25) is 5.82 Å². The fraction of sp³-hybridized carbons (Fsp3) is 0.176. The first-order chi connectivity index (χ1) is 14.3. The van der Waals surface area contributed by atoms with Crippen molar-refractivity contribution in [2.75, 3.05) is 4.72 Å². The van der Waals surface area contributed by atoms with Gasteiger partial charge in [0, 0.05) is 0 Å². The van der Waals surface area contributed by atoms with Gasteiger partial charge < -0.3 is 4.74 Å². The minimum Gasteiger partial charge on any atom is -0.452 e. The Labute approximate surface area is 175 Å². The van der Waals surface area contributed by atoms with Crippen LogP contribution in [-0.2, 0) is 10.0 Å². The minimum absolute atomic E-state index is 0.0118. The highest BCUT2D eigenvalue weighted by molar-refractivity contribution is 7.92. The molecular weight excluding hydrogens is 476 g/mol. The fourth-order valence-electron chi connectivity index (χ4n) is 2.41. The molecule has 0 spiro atoms. The zero-order valence-corrected chi connectivity index (χ0v) is 16.4. The average molecular weight is 486 g/mol. The van der Waals surface area contributed by atoms with E-state index in [1.165, 1.54) is 42.5 Å². The summed E-state index contributed by atoms with van der Waals surface area (Å²) in [5.41, 5.74) is -0.136. The molecule has 0 unspecified atom stereocenters. The molecular formula is C17H10ClF6N3O3S. The lowest BCUT2D eigenvalue weighted by molar-refractivity contribution is -0.300. The Morgan fingerprint density at radius 2 is 1.39 bits per heavy atom. The second-order valence-electron chi connectivity index (χ2n) is 5.98. The Kier molecular flexibility index (Phi) is 5.93. The van der Waals surface area contributed by atoms with Crippen molar-refractivity contribution in [1.29, 1.82) is 0 Å². The highest BCUT2D eigenvalue weighted by Crippen LogP contribution is 2.38. The summed E-state index contributed by atoms with van der Waals surface area (Å²) in [5.74, 6) is -2.29. The summed E-state index contributed by atoms with van der Waals surface area (Å²) in [6, 6.07) is 10.5. The Hall–Kier alpha value is -2.80. The van der Waals surface area contributed by atoms with E-state index in [4.69, 9.17) is 11.6 Å². The minimum atomic E-state index is -5.86. The van der Waals surface area contributed by atoms with Crippen molar-refractivity contribution in [1.82, 2.24) is 9.97 Å². The maximum atomic E-state index is 13.0. The van der Waals surface area contributed by atoms with Gasteiger partial charge in [-0.05, 0) is 24.3 Å².